The first kappa shape index (κ1) is 20.0. The van der Waals surface area contributed by atoms with E-state index in [-0.39, 0.29) is 12.1 Å². The van der Waals surface area contributed by atoms with Crippen molar-refractivity contribution in [3.63, 3.8) is 0 Å². The smallest absolute Gasteiger partial charge is 0.343 e. The van der Waals surface area contributed by atoms with E-state index >= 15 is 0 Å². The molecule has 1 amide bonds. The average molecular weight is 417 g/mol. The minimum Gasteiger partial charge on any atom is -0.343 e. The largest absolute Gasteiger partial charge is 0.471 e. The standard InChI is InChI=1S/C19H17Cl2F3N2O/c1-11-16(25-18(27)19(22,23)24)10-26(11)17(12-2-6-14(20)7-3-12)13-4-8-15(21)9-5-13/h2-9,11,16-17H,10H2,1H3,(H,25,27)/t11-,16+/m1/s1. The first-order chi connectivity index (χ1) is 12.7. The van der Waals surface area contributed by atoms with Crippen LogP contribution in [-0.2, 0) is 4.79 Å². The Morgan fingerprint density at radius 1 is 1.04 bits per heavy atom. The number of nitrogens with zero attached hydrogens (tertiary/aromatic N) is 1. The van der Waals surface area contributed by atoms with Crippen LogP contribution in [0, 0.1) is 0 Å². The number of nitrogens with one attached hydrogen (secondary N) is 1. The molecule has 8 heteroatoms. The summed E-state index contributed by atoms with van der Waals surface area (Å²) in [6.45, 7) is 2.10. The second-order valence-corrected chi connectivity index (χ2v) is 7.39. The molecule has 144 valence electrons. The molecular weight excluding hydrogens is 400 g/mol. The molecule has 2 atom stereocenters. The molecule has 1 aliphatic rings. The number of amides is 1. The number of hydrogen-bond donors (Lipinski definition) is 1. The second kappa shape index (κ2) is 7.70. The van der Waals surface area contributed by atoms with E-state index in [1.54, 1.807) is 31.2 Å². The Kier molecular flexibility index (Phi) is 5.70. The van der Waals surface area contributed by atoms with E-state index < -0.39 is 18.1 Å². The van der Waals surface area contributed by atoms with E-state index in [9.17, 15) is 18.0 Å². The first-order valence-corrected chi connectivity index (χ1v) is 9.07. The lowest BCUT2D eigenvalue weighted by Gasteiger charge is -2.51. The van der Waals surface area contributed by atoms with Crippen LogP contribution in [-0.4, -0.2) is 35.6 Å². The molecule has 0 bridgehead atoms. The molecule has 1 heterocycles. The Bertz CT molecular complexity index is 764. The third-order valence-electron chi connectivity index (χ3n) is 4.79. The van der Waals surface area contributed by atoms with Crippen LogP contribution >= 0.6 is 23.2 Å². The van der Waals surface area contributed by atoms with Gasteiger partial charge in [0.25, 0.3) is 0 Å². The number of halogens is 5. The maximum atomic E-state index is 12.5. The van der Waals surface area contributed by atoms with Gasteiger partial charge in [0, 0.05) is 22.6 Å². The molecule has 1 fully saturated rings. The Labute approximate surface area is 165 Å². The number of likely N-dealkylation sites (tertiary alicyclic amines) is 1. The van der Waals surface area contributed by atoms with Gasteiger partial charge in [-0.25, -0.2) is 0 Å². The molecule has 0 radical (unpaired) electrons. The van der Waals surface area contributed by atoms with Crippen molar-refractivity contribution in [1.82, 2.24) is 10.2 Å². The van der Waals surface area contributed by atoms with Crippen molar-refractivity contribution in [2.75, 3.05) is 6.54 Å². The molecular formula is C19H17Cl2F3N2O. The average Bonchev–Trinajstić information content (AvgIpc) is 2.62. The van der Waals surface area contributed by atoms with E-state index in [2.05, 4.69) is 5.32 Å². The summed E-state index contributed by atoms with van der Waals surface area (Å²) in [5.74, 6) is -1.91. The molecule has 2 aromatic carbocycles. The van der Waals surface area contributed by atoms with E-state index in [1.807, 2.05) is 29.2 Å². The van der Waals surface area contributed by atoms with E-state index in [4.69, 9.17) is 23.2 Å². The van der Waals surface area contributed by atoms with Gasteiger partial charge in [0.05, 0.1) is 12.1 Å². The van der Waals surface area contributed by atoms with Crippen molar-refractivity contribution in [3.05, 3.63) is 69.7 Å². The van der Waals surface area contributed by atoms with Crippen molar-refractivity contribution in [3.8, 4) is 0 Å². The first-order valence-electron chi connectivity index (χ1n) is 8.31. The van der Waals surface area contributed by atoms with Crippen LogP contribution in [0.1, 0.15) is 24.1 Å². The van der Waals surface area contributed by atoms with Crippen molar-refractivity contribution in [2.45, 2.75) is 31.2 Å². The summed E-state index contributed by atoms with van der Waals surface area (Å²) in [5, 5.41) is 3.26. The predicted molar refractivity (Wildman–Crippen MR) is 98.9 cm³/mol. The van der Waals surface area contributed by atoms with Gasteiger partial charge in [0.2, 0.25) is 0 Å². The molecule has 0 aliphatic carbocycles. The lowest BCUT2D eigenvalue weighted by molar-refractivity contribution is -0.176. The zero-order chi connectivity index (χ0) is 19.8. The quantitative estimate of drug-likeness (QED) is 0.773. The monoisotopic (exact) mass is 416 g/mol. The highest BCUT2D eigenvalue weighted by atomic mass is 35.5. The summed E-state index contributed by atoms with van der Waals surface area (Å²) < 4.78 is 37.5. The number of benzene rings is 2. The van der Waals surface area contributed by atoms with Crippen molar-refractivity contribution < 1.29 is 18.0 Å². The Morgan fingerprint density at radius 3 is 1.85 bits per heavy atom. The summed E-state index contributed by atoms with van der Waals surface area (Å²) in [4.78, 5) is 13.3. The van der Waals surface area contributed by atoms with Gasteiger partial charge in [-0.1, -0.05) is 47.5 Å². The van der Waals surface area contributed by atoms with Gasteiger partial charge < -0.3 is 5.32 Å². The number of carbonyl (C=O) groups is 1. The molecule has 1 N–H and O–H groups in total. The van der Waals surface area contributed by atoms with Crippen LogP contribution in [0.15, 0.2) is 48.5 Å². The van der Waals surface area contributed by atoms with Crippen LogP contribution in [0.4, 0.5) is 13.2 Å². The van der Waals surface area contributed by atoms with Gasteiger partial charge in [-0.3, -0.25) is 9.69 Å². The lowest BCUT2D eigenvalue weighted by atomic mass is 9.88. The maximum Gasteiger partial charge on any atom is 0.471 e. The zero-order valence-corrected chi connectivity index (χ0v) is 15.8. The topological polar surface area (TPSA) is 32.3 Å². The van der Waals surface area contributed by atoms with Gasteiger partial charge in [-0.2, -0.15) is 13.2 Å². The van der Waals surface area contributed by atoms with E-state index in [0.29, 0.717) is 16.6 Å². The summed E-state index contributed by atoms with van der Waals surface area (Å²) in [7, 11) is 0. The highest BCUT2D eigenvalue weighted by molar-refractivity contribution is 6.30. The Balaban J connectivity index is 1.83. The summed E-state index contributed by atoms with van der Waals surface area (Å²) in [6.07, 6.45) is -4.88. The number of rotatable bonds is 4. The van der Waals surface area contributed by atoms with Crippen LogP contribution in [0.25, 0.3) is 0 Å². The summed E-state index contributed by atoms with van der Waals surface area (Å²) in [6, 6.07) is 13.6. The van der Waals surface area contributed by atoms with Gasteiger partial charge in [0.15, 0.2) is 0 Å². The van der Waals surface area contributed by atoms with Crippen LogP contribution < -0.4 is 5.32 Å². The molecule has 0 aromatic heterocycles. The molecule has 0 spiro atoms. The number of hydrogen-bond acceptors (Lipinski definition) is 2. The van der Waals surface area contributed by atoms with Gasteiger partial charge >= 0.3 is 12.1 Å². The van der Waals surface area contributed by atoms with Crippen LogP contribution in [0.5, 0.6) is 0 Å². The van der Waals surface area contributed by atoms with Gasteiger partial charge in [0.1, 0.15) is 0 Å². The third kappa shape index (κ3) is 4.39. The summed E-state index contributed by atoms with van der Waals surface area (Å²) >= 11 is 12.0. The normalized spacial score (nSPS) is 20.4. The fourth-order valence-corrected chi connectivity index (χ4v) is 3.51. The van der Waals surface area contributed by atoms with Gasteiger partial charge in [-0.05, 0) is 42.3 Å². The molecule has 3 nitrogen and oxygen atoms in total. The van der Waals surface area contributed by atoms with Gasteiger partial charge in [-0.15, -0.1) is 0 Å². The van der Waals surface area contributed by atoms with E-state index in [1.165, 1.54) is 0 Å². The molecule has 0 unspecified atom stereocenters. The molecule has 2 aromatic rings. The number of alkyl halides is 3. The van der Waals surface area contributed by atoms with E-state index in [0.717, 1.165) is 11.1 Å². The highest BCUT2D eigenvalue weighted by Gasteiger charge is 2.46. The predicted octanol–water partition coefficient (Wildman–Crippen LogP) is 4.83. The SMILES string of the molecule is C[C@@H]1[C@@H](NC(=O)C(F)(F)F)CN1C(c1ccc(Cl)cc1)c1ccc(Cl)cc1. The minimum absolute atomic E-state index is 0.187. The molecule has 27 heavy (non-hydrogen) atoms. The molecule has 1 aliphatic heterocycles. The maximum absolute atomic E-state index is 12.5. The molecule has 3 rings (SSSR count). The Morgan fingerprint density at radius 2 is 1.48 bits per heavy atom. The second-order valence-electron chi connectivity index (χ2n) is 6.52. The molecule has 0 saturated carbocycles. The van der Waals surface area contributed by atoms with Crippen molar-refractivity contribution >= 4 is 29.1 Å². The fourth-order valence-electron chi connectivity index (χ4n) is 3.26. The van der Waals surface area contributed by atoms with Crippen molar-refractivity contribution in [2.24, 2.45) is 0 Å². The minimum atomic E-state index is -4.88. The molecule has 1 saturated heterocycles. The number of carbonyl (C=O) groups excluding carboxylic acids is 1. The zero-order valence-electron chi connectivity index (χ0n) is 14.3. The van der Waals surface area contributed by atoms with Crippen molar-refractivity contribution in [1.29, 1.82) is 0 Å². The van der Waals surface area contributed by atoms with Crippen LogP contribution in [0.3, 0.4) is 0 Å². The lowest BCUT2D eigenvalue weighted by Crippen LogP contribution is -2.67. The van der Waals surface area contributed by atoms with Crippen LogP contribution in [0.2, 0.25) is 10.0 Å². The highest BCUT2D eigenvalue weighted by Crippen LogP contribution is 2.37. The fraction of sp³-hybridized carbons (Fsp3) is 0.316. The third-order valence-corrected chi connectivity index (χ3v) is 5.29. The Hall–Kier alpha value is -1.76. The summed E-state index contributed by atoms with van der Waals surface area (Å²) in [5.41, 5.74) is 1.91.